The van der Waals surface area contributed by atoms with E-state index in [9.17, 15) is 0 Å². The molecule has 0 spiro atoms. The van der Waals surface area contributed by atoms with E-state index in [2.05, 4.69) is 49.3 Å². The van der Waals surface area contributed by atoms with Crippen LogP contribution in [0, 0.1) is 6.92 Å². The van der Waals surface area contributed by atoms with Crippen molar-refractivity contribution in [1.29, 1.82) is 0 Å². The largest absolute Gasteiger partial charge is 0.379 e. The maximum absolute atomic E-state index is 5.40. The molecule has 3 aromatic heterocycles. The summed E-state index contributed by atoms with van der Waals surface area (Å²) in [7, 11) is 0. The third-order valence-corrected chi connectivity index (χ3v) is 6.58. The van der Waals surface area contributed by atoms with Gasteiger partial charge in [-0.25, -0.2) is 19.9 Å². The fraction of sp³-hybridized carbons (Fsp3) is 0.542. The minimum Gasteiger partial charge on any atom is -0.379 e. The molecule has 0 bridgehead atoms. The molecule has 3 aromatic rings. The highest BCUT2D eigenvalue weighted by Gasteiger charge is 2.14. The smallest absolute Gasteiger partial charge is 0.223 e. The summed E-state index contributed by atoms with van der Waals surface area (Å²) in [4.78, 5) is 26.3. The van der Waals surface area contributed by atoms with Crippen LogP contribution in [0.4, 0.5) is 16.9 Å². The second-order valence-corrected chi connectivity index (χ2v) is 9.60. The molecule has 0 radical (unpaired) electrons. The Balaban J connectivity index is 1.40. The lowest BCUT2D eigenvalue weighted by Gasteiger charge is -2.25. The van der Waals surface area contributed by atoms with Gasteiger partial charge in [0.25, 0.3) is 0 Å². The summed E-state index contributed by atoms with van der Waals surface area (Å²) in [6.45, 7) is 10.6. The number of thiazole rings is 1. The van der Waals surface area contributed by atoms with Gasteiger partial charge in [0.15, 0.2) is 10.9 Å². The Bertz CT molecular complexity index is 1030. The van der Waals surface area contributed by atoms with E-state index in [1.165, 1.54) is 0 Å². The van der Waals surface area contributed by atoms with Gasteiger partial charge in [-0.05, 0) is 25.8 Å². The number of hydrogen-bond donors (Lipinski definition) is 2. The Hall–Kier alpha value is -2.69. The quantitative estimate of drug-likeness (QED) is 0.404. The summed E-state index contributed by atoms with van der Waals surface area (Å²) >= 11 is 1.54. The van der Waals surface area contributed by atoms with Gasteiger partial charge in [-0.1, -0.05) is 38.0 Å². The molecular weight excluding hydrogens is 448 g/mol. The van der Waals surface area contributed by atoms with Crippen molar-refractivity contribution in [2.45, 2.75) is 59.0 Å². The molecule has 0 atom stereocenters. The molecule has 1 fully saturated rings. The number of hydrogen-bond acceptors (Lipinski definition) is 10. The van der Waals surface area contributed by atoms with E-state index in [0.717, 1.165) is 85.6 Å². The number of ether oxygens (including phenoxy) is 1. The van der Waals surface area contributed by atoms with Crippen molar-refractivity contribution in [3.05, 3.63) is 36.0 Å². The van der Waals surface area contributed by atoms with Crippen molar-refractivity contribution in [3.63, 3.8) is 0 Å². The van der Waals surface area contributed by atoms with E-state index < -0.39 is 0 Å². The Morgan fingerprint density at radius 3 is 2.53 bits per heavy atom. The fourth-order valence-electron chi connectivity index (χ4n) is 3.98. The highest BCUT2D eigenvalue weighted by Crippen LogP contribution is 2.30. The molecule has 4 rings (SSSR count). The predicted octanol–water partition coefficient (Wildman–Crippen LogP) is 4.66. The number of anilines is 3. The van der Waals surface area contributed by atoms with Crippen molar-refractivity contribution < 1.29 is 4.74 Å². The van der Waals surface area contributed by atoms with Gasteiger partial charge in [-0.15, -0.1) is 0 Å². The zero-order chi connectivity index (χ0) is 23.8. The van der Waals surface area contributed by atoms with Crippen molar-refractivity contribution in [2.75, 3.05) is 36.9 Å². The third-order valence-electron chi connectivity index (χ3n) is 5.65. The zero-order valence-electron chi connectivity index (χ0n) is 20.3. The second-order valence-electron chi connectivity index (χ2n) is 8.57. The first-order valence-corrected chi connectivity index (χ1v) is 12.9. The topological polar surface area (TPSA) is 101 Å². The van der Waals surface area contributed by atoms with E-state index >= 15 is 0 Å². The summed E-state index contributed by atoms with van der Waals surface area (Å²) in [5, 5.41) is 7.55. The molecule has 0 aliphatic carbocycles. The third kappa shape index (κ3) is 6.91. The number of aromatic nitrogens is 5. The van der Waals surface area contributed by atoms with Crippen molar-refractivity contribution in [2.24, 2.45) is 0 Å². The van der Waals surface area contributed by atoms with Crippen LogP contribution in [0.25, 0.3) is 10.6 Å². The summed E-state index contributed by atoms with van der Waals surface area (Å²) < 4.78 is 5.40. The van der Waals surface area contributed by atoms with Gasteiger partial charge in [-0.3, -0.25) is 9.88 Å². The van der Waals surface area contributed by atoms with Crippen LogP contribution in [0.1, 0.15) is 50.9 Å². The van der Waals surface area contributed by atoms with Gasteiger partial charge in [0.1, 0.15) is 0 Å². The highest BCUT2D eigenvalue weighted by molar-refractivity contribution is 7.18. The second kappa shape index (κ2) is 12.1. The Labute approximate surface area is 205 Å². The molecule has 2 N–H and O–H groups in total. The van der Waals surface area contributed by atoms with Crippen molar-refractivity contribution in [1.82, 2.24) is 29.8 Å². The van der Waals surface area contributed by atoms with Gasteiger partial charge < -0.3 is 15.4 Å². The van der Waals surface area contributed by atoms with Gasteiger partial charge in [-0.2, -0.15) is 0 Å². The van der Waals surface area contributed by atoms with E-state index in [4.69, 9.17) is 9.72 Å². The average Bonchev–Trinajstić information content (AvgIpc) is 3.30. The lowest BCUT2D eigenvalue weighted by atomic mass is 10.1. The predicted molar refractivity (Wildman–Crippen MR) is 137 cm³/mol. The fourth-order valence-corrected chi connectivity index (χ4v) is 4.76. The Morgan fingerprint density at radius 2 is 1.82 bits per heavy atom. The molecule has 0 aromatic carbocycles. The summed E-state index contributed by atoms with van der Waals surface area (Å²) in [6, 6.07) is 2.39. The molecule has 1 aliphatic rings. The molecular formula is C24H34N8OS. The molecule has 0 saturated carbocycles. The molecule has 10 heteroatoms. The highest BCUT2D eigenvalue weighted by atomic mass is 32.1. The first kappa shape index (κ1) is 24.4. The normalized spacial score (nSPS) is 14.5. The van der Waals surface area contributed by atoms with Crippen LogP contribution in [0.2, 0.25) is 0 Å². The number of morpholine rings is 1. The number of nitrogens with one attached hydrogen (secondary N) is 2. The maximum Gasteiger partial charge on any atom is 0.223 e. The minimum atomic E-state index is 0.396. The number of nitrogens with zero attached hydrogens (tertiary/aromatic N) is 6. The summed E-state index contributed by atoms with van der Waals surface area (Å²) in [5.41, 5.74) is 2.76. The lowest BCUT2D eigenvalue weighted by Crippen LogP contribution is -2.35. The molecule has 0 amide bonds. The summed E-state index contributed by atoms with van der Waals surface area (Å²) in [5.74, 6) is 1.36. The monoisotopic (exact) mass is 482 g/mol. The number of rotatable bonds is 11. The van der Waals surface area contributed by atoms with Crippen LogP contribution >= 0.6 is 11.3 Å². The summed E-state index contributed by atoms with van der Waals surface area (Å²) in [6.07, 6.45) is 9.92. The van der Waals surface area contributed by atoms with Crippen molar-refractivity contribution in [3.8, 4) is 10.6 Å². The maximum atomic E-state index is 5.40. The molecule has 4 heterocycles. The van der Waals surface area contributed by atoms with Gasteiger partial charge in [0, 0.05) is 37.6 Å². The minimum absolute atomic E-state index is 0.396. The zero-order valence-corrected chi connectivity index (χ0v) is 21.1. The molecule has 9 nitrogen and oxygen atoms in total. The first-order valence-electron chi connectivity index (χ1n) is 12.1. The van der Waals surface area contributed by atoms with E-state index in [1.807, 2.05) is 25.4 Å². The SMILES string of the molecule is CCCC(CCC)Nc1nc(C)cc(-c2cnc(Nc3cnc(CN4CCOCC4)cn3)s2)n1. The van der Waals surface area contributed by atoms with Crippen LogP contribution in [-0.2, 0) is 11.3 Å². The first-order chi connectivity index (χ1) is 16.6. The van der Waals surface area contributed by atoms with Gasteiger partial charge in [0.2, 0.25) is 5.95 Å². The van der Waals surface area contributed by atoms with E-state index in [0.29, 0.717) is 17.8 Å². The van der Waals surface area contributed by atoms with Crippen LogP contribution in [-0.4, -0.2) is 62.2 Å². The van der Waals surface area contributed by atoms with Gasteiger partial charge >= 0.3 is 0 Å². The van der Waals surface area contributed by atoms with Crippen LogP contribution in [0.15, 0.2) is 24.7 Å². The van der Waals surface area contributed by atoms with Crippen molar-refractivity contribution >= 4 is 28.2 Å². The van der Waals surface area contributed by atoms with Gasteiger partial charge in [0.05, 0.1) is 41.9 Å². The molecule has 182 valence electrons. The van der Waals surface area contributed by atoms with Crippen LogP contribution < -0.4 is 10.6 Å². The molecule has 1 aliphatic heterocycles. The van der Waals surface area contributed by atoms with E-state index in [1.54, 1.807) is 17.5 Å². The van der Waals surface area contributed by atoms with Crippen LogP contribution in [0.3, 0.4) is 0 Å². The average molecular weight is 483 g/mol. The molecule has 34 heavy (non-hydrogen) atoms. The van der Waals surface area contributed by atoms with Crippen LogP contribution in [0.5, 0.6) is 0 Å². The van der Waals surface area contributed by atoms with E-state index in [-0.39, 0.29) is 0 Å². The lowest BCUT2D eigenvalue weighted by molar-refractivity contribution is 0.0336. The molecule has 1 saturated heterocycles. The number of aryl methyl sites for hydroxylation is 1. The Kier molecular flexibility index (Phi) is 8.73. The molecule has 0 unspecified atom stereocenters. The Morgan fingerprint density at radius 1 is 1.03 bits per heavy atom. The standard InChI is InChI=1S/C24H34N8OS/c1-4-6-18(7-5-2)29-23-28-17(3)12-20(30-23)21-14-27-24(34-21)31-22-15-25-19(13-26-22)16-32-8-10-33-11-9-32/h12-15,18H,4-11,16H2,1-3H3,(H,26,27,31)(H,28,29,30).